The van der Waals surface area contributed by atoms with Crippen molar-refractivity contribution in [3.8, 4) is 6.07 Å². The Bertz CT molecular complexity index is 325. The third-order valence-electron chi connectivity index (χ3n) is 0.855. The Morgan fingerprint density at radius 3 is 2.29 bits per heavy atom. The molecule has 0 aliphatic carbocycles. The van der Waals surface area contributed by atoms with Crippen LogP contribution >= 0.6 is 0 Å². The number of aromatic nitrogens is 2. The number of nitrogens with zero attached hydrogens (tertiary/aromatic N) is 2. The molecule has 0 spiro atoms. The quantitative estimate of drug-likeness (QED) is 0.661. The number of nitrogens with one attached hydrogen (secondary N) is 1. The number of aromatic amines is 1. The molecule has 76 valence electrons. The van der Waals surface area contributed by atoms with E-state index < -0.39 is 12.1 Å². The Labute approximate surface area is 75.8 Å². The first kappa shape index (κ1) is 12.0. The van der Waals surface area contributed by atoms with E-state index in [1.807, 2.05) is 6.07 Å². The van der Waals surface area contributed by atoms with Gasteiger partial charge in [-0.25, -0.2) is 9.78 Å². The number of H-pyrrole nitrogens is 1. The Morgan fingerprint density at radius 1 is 1.64 bits per heavy atom. The van der Waals surface area contributed by atoms with E-state index in [0.717, 1.165) is 0 Å². The number of halogens is 3. The molecule has 8 heteroatoms. The third-order valence-corrected chi connectivity index (χ3v) is 0.855. The van der Waals surface area contributed by atoms with Gasteiger partial charge in [0.05, 0.1) is 6.33 Å². The second kappa shape index (κ2) is 4.86. The summed E-state index contributed by atoms with van der Waals surface area (Å²) in [4.78, 5) is 15.2. The topological polar surface area (TPSA) is 89.8 Å². The van der Waals surface area contributed by atoms with Gasteiger partial charge in [0.1, 0.15) is 6.07 Å². The molecule has 1 aromatic rings. The minimum atomic E-state index is -5.08. The molecule has 0 radical (unpaired) electrons. The molecule has 0 atom stereocenters. The van der Waals surface area contributed by atoms with E-state index in [4.69, 9.17) is 15.2 Å². The first-order valence-corrected chi connectivity index (χ1v) is 3.07. The molecule has 14 heavy (non-hydrogen) atoms. The van der Waals surface area contributed by atoms with Crippen molar-refractivity contribution in [1.29, 1.82) is 5.26 Å². The highest BCUT2D eigenvalue weighted by molar-refractivity contribution is 5.73. The normalized spacial score (nSPS) is 9.57. The third kappa shape index (κ3) is 4.76. The van der Waals surface area contributed by atoms with Crippen molar-refractivity contribution in [3.63, 3.8) is 0 Å². The number of carboxylic acids is 1. The van der Waals surface area contributed by atoms with E-state index in [0.29, 0.717) is 5.69 Å². The zero-order valence-electron chi connectivity index (χ0n) is 6.54. The molecule has 0 aliphatic heterocycles. The minimum absolute atomic E-state index is 0.431. The number of hydrogen-bond acceptors (Lipinski definition) is 3. The standard InChI is InChI=1S/C4H3N3.C2HF3O2/c5-1-4-2-6-3-7-4;3-2(4,5)1(6)7/h2-3H,(H,6,7);(H,6,7). The number of carboxylic acid groups (broad SMARTS) is 1. The number of alkyl halides is 3. The Balaban J connectivity index is 0.000000241. The van der Waals surface area contributed by atoms with Gasteiger partial charge in [0.2, 0.25) is 0 Å². The van der Waals surface area contributed by atoms with Crippen molar-refractivity contribution in [1.82, 2.24) is 9.97 Å². The van der Waals surface area contributed by atoms with E-state index in [1.165, 1.54) is 6.33 Å². The molecule has 5 nitrogen and oxygen atoms in total. The summed E-state index contributed by atoms with van der Waals surface area (Å²) in [5, 5.41) is 15.2. The van der Waals surface area contributed by atoms with Crippen LogP contribution < -0.4 is 0 Å². The first-order chi connectivity index (χ1) is 6.38. The van der Waals surface area contributed by atoms with Gasteiger partial charge in [0.15, 0.2) is 5.69 Å². The molecule has 0 saturated carbocycles. The molecule has 0 saturated heterocycles. The first-order valence-electron chi connectivity index (χ1n) is 3.07. The lowest BCUT2D eigenvalue weighted by atomic mass is 10.6. The van der Waals surface area contributed by atoms with Gasteiger partial charge in [-0.15, -0.1) is 0 Å². The van der Waals surface area contributed by atoms with E-state index in [2.05, 4.69) is 9.97 Å². The largest absolute Gasteiger partial charge is 0.490 e. The average molecular weight is 207 g/mol. The number of aliphatic carboxylic acids is 1. The smallest absolute Gasteiger partial charge is 0.475 e. The van der Waals surface area contributed by atoms with Crippen molar-refractivity contribution in [2.45, 2.75) is 6.18 Å². The molecule has 2 N–H and O–H groups in total. The predicted octanol–water partition coefficient (Wildman–Crippen LogP) is 0.915. The van der Waals surface area contributed by atoms with Crippen LogP contribution in [0, 0.1) is 11.3 Å². The zero-order chi connectivity index (χ0) is 11.2. The maximum absolute atomic E-state index is 10.6. The van der Waals surface area contributed by atoms with E-state index in [1.54, 1.807) is 6.20 Å². The fourth-order valence-corrected chi connectivity index (χ4v) is 0.321. The maximum Gasteiger partial charge on any atom is 0.490 e. The molecule has 0 unspecified atom stereocenters. The van der Waals surface area contributed by atoms with Gasteiger partial charge in [0.25, 0.3) is 0 Å². The molecule has 0 amide bonds. The summed E-state index contributed by atoms with van der Waals surface area (Å²) in [6.45, 7) is 0. The summed E-state index contributed by atoms with van der Waals surface area (Å²) in [6.07, 6.45) is -2.07. The highest BCUT2D eigenvalue weighted by Gasteiger charge is 2.38. The van der Waals surface area contributed by atoms with Gasteiger partial charge in [0, 0.05) is 6.20 Å². The van der Waals surface area contributed by atoms with Crippen LogP contribution in [0.4, 0.5) is 13.2 Å². The summed E-state index contributed by atoms with van der Waals surface area (Å²) in [6, 6.07) is 1.86. The SMILES string of the molecule is N#Cc1c[nH]cn1.O=C(O)C(F)(F)F. The van der Waals surface area contributed by atoms with Gasteiger partial charge in [-0.1, -0.05) is 0 Å². The lowest BCUT2D eigenvalue weighted by Crippen LogP contribution is -2.21. The van der Waals surface area contributed by atoms with Crippen LogP contribution in [-0.4, -0.2) is 27.2 Å². The van der Waals surface area contributed by atoms with Crippen LogP contribution in [0.3, 0.4) is 0 Å². The van der Waals surface area contributed by atoms with Gasteiger partial charge in [-0.2, -0.15) is 18.4 Å². The number of rotatable bonds is 0. The van der Waals surface area contributed by atoms with E-state index in [-0.39, 0.29) is 0 Å². The Hall–Kier alpha value is -2.04. The van der Waals surface area contributed by atoms with Crippen LogP contribution in [0.1, 0.15) is 5.69 Å². The number of carbonyl (C=O) groups is 1. The van der Waals surface area contributed by atoms with Gasteiger partial charge in [-0.3, -0.25) is 0 Å². The summed E-state index contributed by atoms with van der Waals surface area (Å²) in [5.41, 5.74) is 0.431. The zero-order valence-corrected chi connectivity index (χ0v) is 6.54. The maximum atomic E-state index is 10.6. The Kier molecular flexibility index (Phi) is 4.15. The second-order valence-electron chi connectivity index (χ2n) is 1.87. The minimum Gasteiger partial charge on any atom is -0.475 e. The van der Waals surface area contributed by atoms with Gasteiger partial charge in [-0.05, 0) is 0 Å². The highest BCUT2D eigenvalue weighted by atomic mass is 19.4. The van der Waals surface area contributed by atoms with Crippen molar-refractivity contribution in [3.05, 3.63) is 18.2 Å². The molecule has 0 aliphatic rings. The monoisotopic (exact) mass is 207 g/mol. The molecule has 1 aromatic heterocycles. The number of hydrogen-bond donors (Lipinski definition) is 2. The molecular weight excluding hydrogens is 203 g/mol. The van der Waals surface area contributed by atoms with Crippen molar-refractivity contribution in [2.75, 3.05) is 0 Å². The fourth-order valence-electron chi connectivity index (χ4n) is 0.321. The van der Waals surface area contributed by atoms with Gasteiger partial charge < -0.3 is 10.1 Å². The van der Waals surface area contributed by atoms with Crippen LogP contribution in [0.15, 0.2) is 12.5 Å². The summed E-state index contributed by atoms with van der Waals surface area (Å²) in [7, 11) is 0. The van der Waals surface area contributed by atoms with Crippen LogP contribution in [-0.2, 0) is 4.79 Å². The summed E-state index contributed by atoms with van der Waals surface area (Å²) < 4.78 is 31.7. The predicted molar refractivity (Wildman–Crippen MR) is 37.0 cm³/mol. The molecule has 0 aromatic carbocycles. The highest BCUT2D eigenvalue weighted by Crippen LogP contribution is 2.13. The van der Waals surface area contributed by atoms with E-state index in [9.17, 15) is 13.2 Å². The average Bonchev–Trinajstić information content (AvgIpc) is 2.54. The molecular formula is C6H4F3N3O2. The van der Waals surface area contributed by atoms with Crippen molar-refractivity contribution >= 4 is 5.97 Å². The fraction of sp³-hybridized carbons (Fsp3) is 0.167. The van der Waals surface area contributed by atoms with Crippen molar-refractivity contribution in [2.24, 2.45) is 0 Å². The number of imidazole rings is 1. The lowest BCUT2D eigenvalue weighted by Gasteiger charge is -1.93. The molecule has 0 fully saturated rings. The summed E-state index contributed by atoms with van der Waals surface area (Å²) in [5.74, 6) is -2.76. The van der Waals surface area contributed by atoms with Crippen molar-refractivity contribution < 1.29 is 23.1 Å². The van der Waals surface area contributed by atoms with Crippen LogP contribution in [0.2, 0.25) is 0 Å². The van der Waals surface area contributed by atoms with Gasteiger partial charge >= 0.3 is 12.1 Å². The molecule has 1 heterocycles. The van der Waals surface area contributed by atoms with Crippen LogP contribution in [0.5, 0.6) is 0 Å². The Morgan fingerprint density at radius 2 is 2.14 bits per heavy atom. The molecule has 0 bridgehead atoms. The summed E-state index contributed by atoms with van der Waals surface area (Å²) >= 11 is 0. The second-order valence-corrected chi connectivity index (χ2v) is 1.87. The lowest BCUT2D eigenvalue weighted by molar-refractivity contribution is -0.192. The molecule has 1 rings (SSSR count). The van der Waals surface area contributed by atoms with E-state index >= 15 is 0 Å². The number of nitriles is 1. The van der Waals surface area contributed by atoms with Crippen LogP contribution in [0.25, 0.3) is 0 Å².